The van der Waals surface area contributed by atoms with Crippen LogP contribution >= 0.6 is 0 Å². The van der Waals surface area contributed by atoms with Crippen molar-refractivity contribution in [2.45, 2.75) is 18.9 Å². The number of hydrogen-bond donors (Lipinski definition) is 2. The summed E-state index contributed by atoms with van der Waals surface area (Å²) in [6, 6.07) is 6.57. The van der Waals surface area contributed by atoms with Crippen molar-refractivity contribution in [3.8, 4) is 11.5 Å². The number of hydrogen-bond acceptors (Lipinski definition) is 4. The van der Waals surface area contributed by atoms with Gasteiger partial charge < -0.3 is 19.4 Å². The van der Waals surface area contributed by atoms with E-state index in [1.54, 1.807) is 25.2 Å². The Morgan fingerprint density at radius 3 is 2.82 bits per heavy atom. The maximum Gasteiger partial charge on any atom is 0.261 e. The third-order valence-corrected chi connectivity index (χ3v) is 3.90. The van der Waals surface area contributed by atoms with Crippen LogP contribution in [0.25, 0.3) is 11.5 Å². The van der Waals surface area contributed by atoms with Crippen LogP contribution in [0.15, 0.2) is 39.7 Å². The molecule has 2 heterocycles. The van der Waals surface area contributed by atoms with Gasteiger partial charge in [-0.05, 0) is 43.0 Å². The molecule has 0 bridgehead atoms. The van der Waals surface area contributed by atoms with Crippen molar-refractivity contribution in [2.75, 3.05) is 13.6 Å². The van der Waals surface area contributed by atoms with Crippen LogP contribution in [0, 0.1) is 5.92 Å². The minimum Gasteiger partial charge on any atom is -0.463 e. The van der Waals surface area contributed by atoms with Gasteiger partial charge in [0.25, 0.3) is 11.5 Å². The monoisotopic (exact) mass is 302 g/mol. The van der Waals surface area contributed by atoms with Crippen molar-refractivity contribution >= 4 is 5.91 Å². The molecule has 22 heavy (non-hydrogen) atoms. The highest BCUT2D eigenvalue weighted by molar-refractivity contribution is 5.93. The number of aliphatic hydroxyl groups is 1. The number of carbonyl (C=O) groups excluding carboxylic acids is 1. The molecular weight excluding hydrogens is 284 g/mol. The summed E-state index contributed by atoms with van der Waals surface area (Å²) < 4.78 is 5.21. The number of likely N-dealkylation sites (N-methyl/N-ethyl adjacent to an activating group) is 1. The second-order valence-electron chi connectivity index (χ2n) is 5.68. The molecule has 1 saturated carbocycles. The summed E-state index contributed by atoms with van der Waals surface area (Å²) in [4.78, 5) is 28.5. The van der Waals surface area contributed by atoms with Crippen LogP contribution in [0.5, 0.6) is 0 Å². The number of pyridine rings is 1. The van der Waals surface area contributed by atoms with Crippen molar-refractivity contribution in [3.63, 3.8) is 0 Å². The molecule has 2 aromatic heterocycles. The molecule has 1 unspecified atom stereocenters. The van der Waals surface area contributed by atoms with Crippen LogP contribution in [-0.4, -0.2) is 40.6 Å². The third-order valence-electron chi connectivity index (χ3n) is 3.90. The highest BCUT2D eigenvalue weighted by Gasteiger charge is 2.31. The molecule has 3 rings (SSSR count). The molecule has 2 aromatic rings. The molecule has 1 aliphatic rings. The van der Waals surface area contributed by atoms with Gasteiger partial charge in [-0.15, -0.1) is 0 Å². The second kappa shape index (κ2) is 5.81. The molecule has 6 nitrogen and oxygen atoms in total. The van der Waals surface area contributed by atoms with Crippen LogP contribution in [0.2, 0.25) is 0 Å². The largest absolute Gasteiger partial charge is 0.463 e. The van der Waals surface area contributed by atoms with Gasteiger partial charge in [0.05, 0.1) is 18.1 Å². The Hall–Kier alpha value is -2.34. The first-order chi connectivity index (χ1) is 10.6. The van der Waals surface area contributed by atoms with E-state index < -0.39 is 17.6 Å². The molecule has 116 valence electrons. The van der Waals surface area contributed by atoms with E-state index >= 15 is 0 Å². The molecule has 1 atom stereocenters. The van der Waals surface area contributed by atoms with Gasteiger partial charge >= 0.3 is 0 Å². The number of amides is 1. The summed E-state index contributed by atoms with van der Waals surface area (Å²) in [5.74, 6) is 0.426. The molecule has 2 N–H and O–H groups in total. The average molecular weight is 302 g/mol. The molecule has 1 aliphatic carbocycles. The summed E-state index contributed by atoms with van der Waals surface area (Å²) in [5, 5.41) is 9.90. The fraction of sp³-hybridized carbons (Fsp3) is 0.375. The number of carbonyl (C=O) groups is 1. The zero-order valence-electron chi connectivity index (χ0n) is 12.3. The Morgan fingerprint density at radius 1 is 1.45 bits per heavy atom. The second-order valence-corrected chi connectivity index (χ2v) is 5.68. The first kappa shape index (κ1) is 14.6. The minimum absolute atomic E-state index is 0.0563. The summed E-state index contributed by atoms with van der Waals surface area (Å²) in [7, 11) is 1.59. The summed E-state index contributed by atoms with van der Waals surface area (Å²) in [5.41, 5.74) is 0.111. The van der Waals surface area contributed by atoms with Gasteiger partial charge in [-0.3, -0.25) is 9.59 Å². The van der Waals surface area contributed by atoms with E-state index in [9.17, 15) is 14.7 Å². The lowest BCUT2D eigenvalue weighted by atomic mass is 10.2. The fourth-order valence-electron chi connectivity index (χ4n) is 2.42. The third kappa shape index (κ3) is 2.96. The molecule has 0 aromatic carbocycles. The van der Waals surface area contributed by atoms with Crippen LogP contribution in [0.1, 0.15) is 23.2 Å². The van der Waals surface area contributed by atoms with Crippen LogP contribution in [0.4, 0.5) is 0 Å². The van der Waals surface area contributed by atoms with Crippen LogP contribution < -0.4 is 5.56 Å². The van der Waals surface area contributed by atoms with E-state index in [0.29, 0.717) is 11.5 Å². The molecule has 6 heteroatoms. The number of nitrogens with one attached hydrogen (secondary N) is 1. The van der Waals surface area contributed by atoms with E-state index in [4.69, 9.17) is 4.42 Å². The van der Waals surface area contributed by atoms with Gasteiger partial charge in [0.15, 0.2) is 0 Å². The SMILES string of the molecule is CN(CC(O)C1CC1)C(=O)c1ccc(-c2ccco2)[nH]c1=O. The average Bonchev–Trinajstić information content (AvgIpc) is 3.21. The summed E-state index contributed by atoms with van der Waals surface area (Å²) in [6.45, 7) is 0.239. The van der Waals surface area contributed by atoms with Crippen molar-refractivity contribution in [2.24, 2.45) is 5.92 Å². The Morgan fingerprint density at radius 2 is 2.23 bits per heavy atom. The van der Waals surface area contributed by atoms with Gasteiger partial charge in [0, 0.05) is 13.6 Å². The Labute approximate surface area is 127 Å². The van der Waals surface area contributed by atoms with E-state index in [2.05, 4.69) is 4.98 Å². The standard InChI is InChI=1S/C16H18N2O4/c1-18(9-13(19)10-4-5-10)16(21)11-6-7-12(17-15(11)20)14-3-2-8-22-14/h2-3,6-8,10,13,19H,4-5,9H2,1H3,(H,17,20). The number of nitrogens with zero attached hydrogens (tertiary/aromatic N) is 1. The first-order valence-electron chi connectivity index (χ1n) is 7.27. The van der Waals surface area contributed by atoms with Gasteiger partial charge in [-0.2, -0.15) is 0 Å². The number of aliphatic hydroxyl groups excluding tert-OH is 1. The topological polar surface area (TPSA) is 86.5 Å². The van der Waals surface area contributed by atoms with E-state index in [1.165, 1.54) is 17.2 Å². The maximum atomic E-state index is 12.3. The Balaban J connectivity index is 1.76. The molecule has 0 radical (unpaired) electrons. The van der Waals surface area contributed by atoms with Gasteiger partial charge in [-0.25, -0.2) is 0 Å². The number of aromatic amines is 1. The van der Waals surface area contributed by atoms with E-state index in [-0.39, 0.29) is 18.0 Å². The molecule has 0 aliphatic heterocycles. The Bertz CT molecular complexity index is 716. The summed E-state index contributed by atoms with van der Waals surface area (Å²) >= 11 is 0. The van der Waals surface area contributed by atoms with Crippen molar-refractivity contribution < 1.29 is 14.3 Å². The molecule has 1 amide bonds. The van der Waals surface area contributed by atoms with Gasteiger partial charge in [0.2, 0.25) is 0 Å². The normalized spacial score (nSPS) is 15.5. The zero-order chi connectivity index (χ0) is 15.7. The zero-order valence-corrected chi connectivity index (χ0v) is 12.3. The van der Waals surface area contributed by atoms with Crippen molar-refractivity contribution in [1.29, 1.82) is 0 Å². The maximum absolute atomic E-state index is 12.3. The smallest absolute Gasteiger partial charge is 0.261 e. The first-order valence-corrected chi connectivity index (χ1v) is 7.27. The van der Waals surface area contributed by atoms with Crippen molar-refractivity contribution in [3.05, 3.63) is 46.4 Å². The van der Waals surface area contributed by atoms with Crippen molar-refractivity contribution in [1.82, 2.24) is 9.88 Å². The molecule has 0 spiro atoms. The number of aromatic nitrogens is 1. The minimum atomic E-state index is -0.518. The predicted octanol–water partition coefficient (Wildman–Crippen LogP) is 1.48. The van der Waals surface area contributed by atoms with E-state index in [1.807, 2.05) is 0 Å². The number of rotatable bonds is 5. The van der Waals surface area contributed by atoms with Gasteiger partial charge in [0.1, 0.15) is 11.3 Å². The highest BCUT2D eigenvalue weighted by Crippen LogP contribution is 2.32. The quantitative estimate of drug-likeness (QED) is 0.876. The van der Waals surface area contributed by atoms with Gasteiger partial charge in [-0.1, -0.05) is 0 Å². The summed E-state index contributed by atoms with van der Waals surface area (Å²) in [6.07, 6.45) is 3.00. The van der Waals surface area contributed by atoms with Crippen LogP contribution in [0.3, 0.4) is 0 Å². The molecular formula is C16H18N2O4. The molecule has 0 saturated heterocycles. The number of furan rings is 1. The number of H-pyrrole nitrogens is 1. The van der Waals surface area contributed by atoms with E-state index in [0.717, 1.165) is 12.8 Å². The fourth-order valence-corrected chi connectivity index (χ4v) is 2.42. The Kier molecular flexibility index (Phi) is 3.85. The lowest BCUT2D eigenvalue weighted by Gasteiger charge is -2.20. The lowest BCUT2D eigenvalue weighted by Crippen LogP contribution is -2.37. The predicted molar refractivity (Wildman–Crippen MR) is 80.5 cm³/mol. The van der Waals surface area contributed by atoms with Crippen LogP contribution in [-0.2, 0) is 0 Å². The lowest BCUT2D eigenvalue weighted by molar-refractivity contribution is 0.0644. The highest BCUT2D eigenvalue weighted by atomic mass is 16.3. The molecule has 1 fully saturated rings.